The number of phenolic OH excluding ortho intramolecular Hbond substituents is 2. The molecule has 2 N–H and O–H groups in total. The minimum Gasteiger partial charge on any atom is -0.507 e. The van der Waals surface area contributed by atoms with Crippen molar-refractivity contribution in [3.63, 3.8) is 0 Å². The number of rotatable bonds is 2. The normalized spacial score (nSPS) is 11.6. The largest absolute Gasteiger partial charge is 0.507 e. The average molecular weight is 406 g/mol. The van der Waals surface area contributed by atoms with E-state index in [2.05, 4.69) is 31.9 Å². The number of halogens is 2. The first-order valence-corrected chi connectivity index (χ1v) is 7.80. The quantitative estimate of drug-likeness (QED) is 0.754. The van der Waals surface area contributed by atoms with E-state index in [0.717, 1.165) is 11.1 Å². The minimum atomic E-state index is -0.408. The Bertz CT molecular complexity index is 609. The van der Waals surface area contributed by atoms with Gasteiger partial charge in [-0.1, -0.05) is 36.9 Å². The van der Waals surface area contributed by atoms with Gasteiger partial charge in [0.1, 0.15) is 27.2 Å². The number of hydrogen-bond acceptors (Lipinski definition) is 2. The van der Waals surface area contributed by atoms with Crippen LogP contribution in [0.1, 0.15) is 25.0 Å². The van der Waals surface area contributed by atoms with Gasteiger partial charge in [0.05, 0.1) is 8.95 Å². The molecule has 2 aromatic rings. The monoisotopic (exact) mass is 404 g/mol. The average Bonchev–Trinajstić information content (AvgIpc) is 2.40. The molecule has 2 nitrogen and oxygen atoms in total. The molecule has 0 aliphatic heterocycles. The molecule has 0 unspecified atom stereocenters. The van der Waals surface area contributed by atoms with Crippen molar-refractivity contribution in [2.45, 2.75) is 19.3 Å². The molecular weight excluding hydrogens is 394 g/mol. The van der Waals surface area contributed by atoms with Gasteiger partial charge in [-0.25, -0.2) is 0 Å². The van der Waals surface area contributed by atoms with E-state index in [9.17, 15) is 10.2 Å². The van der Waals surface area contributed by atoms with Crippen molar-refractivity contribution in [3.05, 3.63) is 44.3 Å². The van der Waals surface area contributed by atoms with Crippen molar-refractivity contribution in [2.24, 2.45) is 0 Å². The van der Waals surface area contributed by atoms with Crippen molar-refractivity contribution in [1.82, 2.24) is 0 Å². The van der Waals surface area contributed by atoms with Crippen LogP contribution >= 0.6 is 31.9 Å². The van der Waals surface area contributed by atoms with Crippen LogP contribution in [0.4, 0.5) is 0 Å². The van der Waals surface area contributed by atoms with Gasteiger partial charge >= 0.3 is 0 Å². The van der Waals surface area contributed by atoms with Crippen LogP contribution in [-0.2, 0) is 5.41 Å². The molecule has 6 heteroatoms. The standard InChI is InChI=1S/C15H12B2Br2O2/c1-15(2,7-3-9(16)13(20)11(18)5-7)8-4-10(17)14(21)12(19)6-8/h3-6,20-21H,1-2H3. The Morgan fingerprint density at radius 3 is 1.43 bits per heavy atom. The van der Waals surface area contributed by atoms with Crippen LogP contribution in [0, 0.1) is 0 Å². The molecule has 21 heavy (non-hydrogen) atoms. The van der Waals surface area contributed by atoms with Crippen molar-refractivity contribution in [1.29, 1.82) is 0 Å². The molecule has 0 atom stereocenters. The lowest BCUT2D eigenvalue weighted by Crippen LogP contribution is -2.23. The lowest BCUT2D eigenvalue weighted by molar-refractivity contribution is 0.475. The Morgan fingerprint density at radius 1 is 0.810 bits per heavy atom. The second-order valence-electron chi connectivity index (χ2n) is 5.42. The summed E-state index contributed by atoms with van der Waals surface area (Å²) in [6.07, 6.45) is 0. The van der Waals surface area contributed by atoms with E-state index in [0.29, 0.717) is 19.9 Å². The summed E-state index contributed by atoms with van der Waals surface area (Å²) >= 11 is 6.60. The van der Waals surface area contributed by atoms with Crippen molar-refractivity contribution >= 4 is 58.5 Å². The van der Waals surface area contributed by atoms with E-state index in [4.69, 9.17) is 15.7 Å². The Hall–Kier alpha value is -0.870. The first-order chi connectivity index (χ1) is 9.64. The zero-order valence-corrected chi connectivity index (χ0v) is 14.8. The maximum atomic E-state index is 9.76. The van der Waals surface area contributed by atoms with Gasteiger partial charge in [0.25, 0.3) is 0 Å². The molecule has 4 radical (unpaired) electrons. The summed E-state index contributed by atoms with van der Waals surface area (Å²) in [4.78, 5) is 0. The Labute approximate surface area is 143 Å². The Balaban J connectivity index is 2.61. The predicted octanol–water partition coefficient (Wildman–Crippen LogP) is 2.54. The molecule has 0 saturated carbocycles. The third kappa shape index (κ3) is 3.02. The molecule has 0 heterocycles. The van der Waals surface area contributed by atoms with Crippen LogP contribution in [0.3, 0.4) is 0 Å². The SMILES string of the molecule is [B]c1cc(C(C)(C)c2cc([B])c(O)c(Br)c2)cc(Br)c1O. The van der Waals surface area contributed by atoms with Gasteiger partial charge in [-0.05, 0) is 55.1 Å². The Kier molecular flexibility index (Phi) is 4.50. The molecule has 0 aliphatic rings. The van der Waals surface area contributed by atoms with Crippen LogP contribution in [0.25, 0.3) is 0 Å². The topological polar surface area (TPSA) is 40.5 Å². The molecule has 0 fully saturated rings. The number of phenols is 2. The summed E-state index contributed by atoms with van der Waals surface area (Å²) < 4.78 is 1.08. The van der Waals surface area contributed by atoms with Crippen LogP contribution in [0.15, 0.2) is 33.2 Å². The van der Waals surface area contributed by atoms with Crippen molar-refractivity contribution in [2.75, 3.05) is 0 Å². The molecular formula is C15H12B2Br2O2. The molecule has 0 bridgehead atoms. The molecule has 0 aromatic heterocycles. The second-order valence-corrected chi connectivity index (χ2v) is 7.13. The summed E-state index contributed by atoms with van der Waals surface area (Å²) in [5.74, 6) is 0.0573. The third-order valence-electron chi connectivity index (χ3n) is 3.63. The summed E-state index contributed by atoms with van der Waals surface area (Å²) in [7, 11) is 11.7. The lowest BCUT2D eigenvalue weighted by atomic mass is 9.74. The highest BCUT2D eigenvalue weighted by atomic mass is 79.9. The Morgan fingerprint density at radius 2 is 1.14 bits per heavy atom. The van der Waals surface area contributed by atoms with E-state index in [1.165, 1.54) is 0 Å². The van der Waals surface area contributed by atoms with E-state index in [1.807, 2.05) is 26.0 Å². The summed E-state index contributed by atoms with van der Waals surface area (Å²) in [5, 5.41) is 19.5. The van der Waals surface area contributed by atoms with E-state index >= 15 is 0 Å². The molecule has 0 spiro atoms. The highest BCUT2D eigenvalue weighted by Gasteiger charge is 2.26. The number of benzene rings is 2. The zero-order chi connectivity index (χ0) is 15.9. The zero-order valence-electron chi connectivity index (χ0n) is 11.6. The van der Waals surface area contributed by atoms with Gasteiger partial charge in [-0.3, -0.25) is 0 Å². The number of hydrogen-bond donors (Lipinski definition) is 2. The third-order valence-corrected chi connectivity index (χ3v) is 4.84. The first-order valence-electron chi connectivity index (χ1n) is 6.21. The van der Waals surface area contributed by atoms with Crippen LogP contribution in [0.5, 0.6) is 11.5 Å². The smallest absolute Gasteiger partial charge is 0.122 e. The molecule has 0 saturated heterocycles. The lowest BCUT2D eigenvalue weighted by Gasteiger charge is -2.28. The molecule has 0 amide bonds. The highest BCUT2D eigenvalue weighted by molar-refractivity contribution is 9.11. The maximum Gasteiger partial charge on any atom is 0.122 e. The summed E-state index contributed by atoms with van der Waals surface area (Å²) in [6, 6.07) is 7.11. The van der Waals surface area contributed by atoms with Gasteiger partial charge in [-0.15, -0.1) is 0 Å². The van der Waals surface area contributed by atoms with E-state index < -0.39 is 5.41 Å². The molecule has 0 aliphatic carbocycles. The summed E-state index contributed by atoms with van der Waals surface area (Å²) in [5.41, 5.74) is 2.04. The van der Waals surface area contributed by atoms with Gasteiger partial charge < -0.3 is 10.2 Å². The molecule has 2 aromatic carbocycles. The van der Waals surface area contributed by atoms with Crippen LogP contribution < -0.4 is 10.9 Å². The highest BCUT2D eigenvalue weighted by Crippen LogP contribution is 2.36. The fourth-order valence-corrected chi connectivity index (χ4v) is 3.08. The van der Waals surface area contributed by atoms with Gasteiger partial charge in [-0.2, -0.15) is 0 Å². The number of aromatic hydroxyl groups is 2. The van der Waals surface area contributed by atoms with Gasteiger partial charge in [0, 0.05) is 5.41 Å². The second kappa shape index (κ2) is 5.73. The molecule has 2 rings (SSSR count). The van der Waals surface area contributed by atoms with Gasteiger partial charge in [0.2, 0.25) is 0 Å². The fraction of sp³-hybridized carbons (Fsp3) is 0.200. The maximum absolute atomic E-state index is 9.76. The summed E-state index contributed by atoms with van der Waals surface area (Å²) in [6.45, 7) is 4.03. The molecule has 104 valence electrons. The van der Waals surface area contributed by atoms with Crippen molar-refractivity contribution < 1.29 is 10.2 Å². The van der Waals surface area contributed by atoms with Crippen LogP contribution in [-0.4, -0.2) is 25.9 Å². The van der Waals surface area contributed by atoms with Crippen molar-refractivity contribution in [3.8, 4) is 11.5 Å². The van der Waals surface area contributed by atoms with E-state index in [-0.39, 0.29) is 11.5 Å². The predicted molar refractivity (Wildman–Crippen MR) is 94.5 cm³/mol. The van der Waals surface area contributed by atoms with Gasteiger partial charge in [0.15, 0.2) is 0 Å². The van der Waals surface area contributed by atoms with Crippen LogP contribution in [0.2, 0.25) is 0 Å². The fourth-order valence-electron chi connectivity index (χ4n) is 2.13. The van der Waals surface area contributed by atoms with E-state index in [1.54, 1.807) is 12.1 Å². The minimum absolute atomic E-state index is 0.0287. The first kappa shape index (κ1) is 16.5.